The van der Waals surface area contributed by atoms with Crippen molar-refractivity contribution in [3.8, 4) is 5.75 Å². The van der Waals surface area contributed by atoms with Crippen LogP contribution >= 0.6 is 0 Å². The topological polar surface area (TPSA) is 61.5 Å². The molecule has 0 fully saturated rings. The average molecular weight is 313 g/mol. The number of benzene rings is 2. The summed E-state index contributed by atoms with van der Waals surface area (Å²) in [4.78, 5) is 11.6. The van der Waals surface area contributed by atoms with Crippen LogP contribution in [-0.2, 0) is 21.5 Å². The normalized spacial score (nSPS) is 13.2. The molecule has 0 amide bonds. The summed E-state index contributed by atoms with van der Waals surface area (Å²) >= 11 is 0. The maximum absolute atomic E-state index is 11.6. The molecule has 1 atom stereocenters. The summed E-state index contributed by atoms with van der Waals surface area (Å²) in [5.41, 5.74) is 8.13. The minimum Gasteiger partial charge on any atom is -0.497 e. The highest BCUT2D eigenvalue weighted by molar-refractivity contribution is 5.69. The quantitative estimate of drug-likeness (QED) is 0.798. The number of methoxy groups -OCH3 is 2. The number of hydrogen-bond donors (Lipinski definition) is 1. The second kappa shape index (κ2) is 7.79. The summed E-state index contributed by atoms with van der Waals surface area (Å²) in [5.74, 6) is 0.499. The first-order valence-corrected chi connectivity index (χ1v) is 7.61. The molecule has 2 rings (SSSR count). The molecule has 1 unspecified atom stereocenters. The summed E-state index contributed by atoms with van der Waals surface area (Å²) in [6, 6.07) is 17.7. The first-order chi connectivity index (χ1) is 11.1. The molecule has 0 aromatic heterocycles. The molecule has 0 aliphatic rings. The van der Waals surface area contributed by atoms with E-state index in [2.05, 4.69) is 0 Å². The highest BCUT2D eigenvalue weighted by Gasteiger charge is 2.29. The van der Waals surface area contributed by atoms with Crippen LogP contribution in [-0.4, -0.2) is 20.2 Å². The zero-order valence-electron chi connectivity index (χ0n) is 13.6. The highest BCUT2D eigenvalue weighted by atomic mass is 16.5. The van der Waals surface area contributed by atoms with E-state index in [9.17, 15) is 4.79 Å². The van der Waals surface area contributed by atoms with Gasteiger partial charge in [-0.25, -0.2) is 0 Å². The van der Waals surface area contributed by atoms with E-state index in [1.807, 2.05) is 54.6 Å². The van der Waals surface area contributed by atoms with Crippen LogP contribution in [0.3, 0.4) is 0 Å². The van der Waals surface area contributed by atoms with Gasteiger partial charge >= 0.3 is 5.97 Å². The van der Waals surface area contributed by atoms with Gasteiger partial charge in [0.15, 0.2) is 0 Å². The number of ether oxygens (including phenoxy) is 2. The fourth-order valence-corrected chi connectivity index (χ4v) is 2.65. The van der Waals surface area contributed by atoms with Crippen molar-refractivity contribution < 1.29 is 14.3 Å². The predicted molar refractivity (Wildman–Crippen MR) is 90.3 cm³/mol. The number of hydrogen-bond acceptors (Lipinski definition) is 4. The summed E-state index contributed by atoms with van der Waals surface area (Å²) in [5, 5.41) is 0. The molecule has 0 radical (unpaired) electrons. The molecule has 4 heteroatoms. The Morgan fingerprint density at radius 3 is 2.48 bits per heavy atom. The van der Waals surface area contributed by atoms with Crippen LogP contribution in [0.2, 0.25) is 0 Å². The molecule has 0 aliphatic heterocycles. The zero-order chi connectivity index (χ0) is 16.7. The number of carbonyl (C=O) groups excluding carboxylic acids is 1. The van der Waals surface area contributed by atoms with Gasteiger partial charge in [0.25, 0.3) is 0 Å². The SMILES string of the molecule is COC(=O)CCC(N)(Cc1ccccc1)c1cccc(OC)c1. The van der Waals surface area contributed by atoms with Crippen LogP contribution in [0.5, 0.6) is 5.75 Å². The Labute approximate surface area is 137 Å². The highest BCUT2D eigenvalue weighted by Crippen LogP contribution is 2.30. The smallest absolute Gasteiger partial charge is 0.305 e. The molecule has 0 saturated carbocycles. The van der Waals surface area contributed by atoms with E-state index in [1.165, 1.54) is 7.11 Å². The van der Waals surface area contributed by atoms with Crippen molar-refractivity contribution in [2.24, 2.45) is 5.73 Å². The van der Waals surface area contributed by atoms with E-state index in [0.29, 0.717) is 12.8 Å². The van der Waals surface area contributed by atoms with E-state index in [4.69, 9.17) is 15.2 Å². The lowest BCUT2D eigenvalue weighted by Crippen LogP contribution is -2.39. The monoisotopic (exact) mass is 313 g/mol. The maximum Gasteiger partial charge on any atom is 0.305 e. The third-order valence-corrected chi connectivity index (χ3v) is 4.01. The first kappa shape index (κ1) is 17.0. The second-order valence-corrected chi connectivity index (χ2v) is 5.63. The van der Waals surface area contributed by atoms with Gasteiger partial charge in [-0.1, -0.05) is 42.5 Å². The lowest BCUT2D eigenvalue weighted by Gasteiger charge is -2.30. The Kier molecular flexibility index (Phi) is 5.77. The third kappa shape index (κ3) is 4.57. The van der Waals surface area contributed by atoms with E-state index in [-0.39, 0.29) is 12.4 Å². The molecule has 0 saturated heterocycles. The van der Waals surface area contributed by atoms with Crippen molar-refractivity contribution >= 4 is 5.97 Å². The first-order valence-electron chi connectivity index (χ1n) is 7.61. The van der Waals surface area contributed by atoms with Crippen molar-refractivity contribution in [3.63, 3.8) is 0 Å². The largest absolute Gasteiger partial charge is 0.497 e. The lowest BCUT2D eigenvalue weighted by atomic mass is 9.81. The Bertz CT molecular complexity index is 642. The van der Waals surface area contributed by atoms with Crippen LogP contribution < -0.4 is 10.5 Å². The van der Waals surface area contributed by atoms with Gasteiger partial charge in [0.2, 0.25) is 0 Å². The molecule has 122 valence electrons. The number of carbonyl (C=O) groups is 1. The van der Waals surface area contributed by atoms with E-state index in [1.54, 1.807) is 7.11 Å². The second-order valence-electron chi connectivity index (χ2n) is 5.63. The van der Waals surface area contributed by atoms with Crippen LogP contribution in [0.1, 0.15) is 24.0 Å². The summed E-state index contributed by atoms with van der Waals surface area (Å²) in [7, 11) is 3.02. The van der Waals surface area contributed by atoms with Gasteiger partial charge in [-0.15, -0.1) is 0 Å². The molecular formula is C19H23NO3. The molecule has 0 spiro atoms. The van der Waals surface area contributed by atoms with Crippen molar-refractivity contribution in [2.75, 3.05) is 14.2 Å². The molecule has 2 N–H and O–H groups in total. The van der Waals surface area contributed by atoms with Gasteiger partial charge in [-0.2, -0.15) is 0 Å². The van der Waals surface area contributed by atoms with Crippen molar-refractivity contribution in [1.82, 2.24) is 0 Å². The molecule has 0 aliphatic carbocycles. The molecule has 2 aromatic rings. The van der Waals surface area contributed by atoms with Crippen molar-refractivity contribution in [1.29, 1.82) is 0 Å². The number of esters is 1. The van der Waals surface area contributed by atoms with Gasteiger partial charge in [0, 0.05) is 12.0 Å². The molecule has 2 aromatic carbocycles. The number of nitrogens with two attached hydrogens (primary N) is 1. The van der Waals surface area contributed by atoms with E-state index in [0.717, 1.165) is 16.9 Å². The Hall–Kier alpha value is -2.33. The third-order valence-electron chi connectivity index (χ3n) is 4.01. The average Bonchev–Trinajstić information content (AvgIpc) is 2.60. The molecule has 4 nitrogen and oxygen atoms in total. The van der Waals surface area contributed by atoms with Gasteiger partial charge < -0.3 is 15.2 Å². The standard InChI is InChI=1S/C19H23NO3/c1-22-17-10-6-9-16(13-17)19(20,12-11-18(21)23-2)14-15-7-4-3-5-8-15/h3-10,13H,11-12,14,20H2,1-2H3. The summed E-state index contributed by atoms with van der Waals surface area (Å²) < 4.78 is 10.1. The number of rotatable bonds is 7. The van der Waals surface area contributed by atoms with Gasteiger partial charge in [-0.05, 0) is 36.1 Å². The summed E-state index contributed by atoms with van der Waals surface area (Å²) in [6.07, 6.45) is 1.41. The van der Waals surface area contributed by atoms with Gasteiger partial charge in [0.05, 0.1) is 14.2 Å². The van der Waals surface area contributed by atoms with Crippen molar-refractivity contribution in [3.05, 3.63) is 65.7 Å². The molecule has 23 heavy (non-hydrogen) atoms. The molecular weight excluding hydrogens is 290 g/mol. The van der Waals surface area contributed by atoms with Crippen molar-refractivity contribution in [2.45, 2.75) is 24.8 Å². The Morgan fingerprint density at radius 2 is 1.83 bits per heavy atom. The van der Waals surface area contributed by atoms with Crippen LogP contribution in [0.4, 0.5) is 0 Å². The van der Waals surface area contributed by atoms with Gasteiger partial charge in [0.1, 0.15) is 5.75 Å². The minimum absolute atomic E-state index is 0.254. The van der Waals surface area contributed by atoms with Crippen LogP contribution in [0.25, 0.3) is 0 Å². The maximum atomic E-state index is 11.6. The zero-order valence-corrected chi connectivity index (χ0v) is 13.6. The fourth-order valence-electron chi connectivity index (χ4n) is 2.65. The summed E-state index contributed by atoms with van der Waals surface area (Å²) in [6.45, 7) is 0. The predicted octanol–water partition coefficient (Wildman–Crippen LogP) is 3.05. The lowest BCUT2D eigenvalue weighted by molar-refractivity contribution is -0.141. The van der Waals surface area contributed by atoms with Crippen LogP contribution in [0, 0.1) is 0 Å². The van der Waals surface area contributed by atoms with Crippen LogP contribution in [0.15, 0.2) is 54.6 Å². The molecule has 0 bridgehead atoms. The Morgan fingerprint density at radius 1 is 1.09 bits per heavy atom. The van der Waals surface area contributed by atoms with E-state index < -0.39 is 5.54 Å². The minimum atomic E-state index is -0.663. The Balaban J connectivity index is 2.30. The van der Waals surface area contributed by atoms with Gasteiger partial charge in [-0.3, -0.25) is 4.79 Å². The molecule has 0 heterocycles. The van der Waals surface area contributed by atoms with E-state index >= 15 is 0 Å². The fraction of sp³-hybridized carbons (Fsp3) is 0.316.